The summed E-state index contributed by atoms with van der Waals surface area (Å²) in [4.78, 5) is 14.1. The van der Waals surface area contributed by atoms with Crippen molar-refractivity contribution in [2.75, 3.05) is 19.6 Å². The van der Waals surface area contributed by atoms with Gasteiger partial charge in [0.2, 0.25) is 5.91 Å². The SMILES string of the molecule is CC1CCCN(C(=O)CNC2CCCCC2)C1. The maximum Gasteiger partial charge on any atom is 0.236 e. The average Bonchev–Trinajstić information content (AvgIpc) is 2.37. The smallest absolute Gasteiger partial charge is 0.236 e. The van der Waals surface area contributed by atoms with Crippen LogP contribution in [0.3, 0.4) is 0 Å². The standard InChI is InChI=1S/C14H26N2O/c1-12-6-5-9-16(11-12)14(17)10-15-13-7-3-2-4-8-13/h12-13,15H,2-11H2,1H3. The van der Waals surface area contributed by atoms with Crippen molar-refractivity contribution in [2.24, 2.45) is 5.92 Å². The number of piperidine rings is 1. The van der Waals surface area contributed by atoms with E-state index < -0.39 is 0 Å². The van der Waals surface area contributed by atoms with Gasteiger partial charge in [0.15, 0.2) is 0 Å². The van der Waals surface area contributed by atoms with Crippen LogP contribution in [0, 0.1) is 5.92 Å². The number of hydrogen-bond donors (Lipinski definition) is 1. The fourth-order valence-corrected chi connectivity index (χ4v) is 3.07. The lowest BCUT2D eigenvalue weighted by Gasteiger charge is -2.32. The lowest BCUT2D eigenvalue weighted by Crippen LogP contribution is -2.45. The summed E-state index contributed by atoms with van der Waals surface area (Å²) < 4.78 is 0. The molecule has 1 aliphatic carbocycles. The van der Waals surface area contributed by atoms with Crippen LogP contribution in [0.15, 0.2) is 0 Å². The predicted molar refractivity (Wildman–Crippen MR) is 69.9 cm³/mol. The number of likely N-dealkylation sites (tertiary alicyclic amines) is 1. The van der Waals surface area contributed by atoms with Crippen molar-refractivity contribution in [1.82, 2.24) is 10.2 Å². The molecule has 1 heterocycles. The van der Waals surface area contributed by atoms with E-state index in [2.05, 4.69) is 12.2 Å². The van der Waals surface area contributed by atoms with Gasteiger partial charge in [0.05, 0.1) is 6.54 Å². The summed E-state index contributed by atoms with van der Waals surface area (Å²) in [6.45, 7) is 4.73. The third-order valence-corrected chi connectivity index (χ3v) is 4.16. The Morgan fingerprint density at radius 1 is 1.18 bits per heavy atom. The number of nitrogens with zero attached hydrogens (tertiary/aromatic N) is 1. The molecule has 1 N–H and O–H groups in total. The van der Waals surface area contributed by atoms with Gasteiger partial charge in [-0.1, -0.05) is 26.2 Å². The Balaban J connectivity index is 1.69. The summed E-state index contributed by atoms with van der Waals surface area (Å²) in [6, 6.07) is 0.593. The molecule has 17 heavy (non-hydrogen) atoms. The zero-order valence-electron chi connectivity index (χ0n) is 11.1. The molecule has 0 aromatic carbocycles. The third kappa shape index (κ3) is 3.98. The number of rotatable bonds is 3. The molecule has 1 unspecified atom stereocenters. The summed E-state index contributed by atoms with van der Waals surface area (Å²) in [5.41, 5.74) is 0. The van der Waals surface area contributed by atoms with Crippen molar-refractivity contribution in [3.63, 3.8) is 0 Å². The molecule has 0 aromatic heterocycles. The van der Waals surface area contributed by atoms with Gasteiger partial charge in [0.25, 0.3) is 0 Å². The van der Waals surface area contributed by atoms with Crippen LogP contribution in [-0.2, 0) is 4.79 Å². The van der Waals surface area contributed by atoms with Gasteiger partial charge in [0.1, 0.15) is 0 Å². The van der Waals surface area contributed by atoms with Crippen LogP contribution in [0.25, 0.3) is 0 Å². The first-order valence-corrected chi connectivity index (χ1v) is 7.27. The Morgan fingerprint density at radius 2 is 1.94 bits per heavy atom. The maximum absolute atomic E-state index is 12.0. The van der Waals surface area contributed by atoms with Gasteiger partial charge in [0, 0.05) is 19.1 Å². The first-order valence-electron chi connectivity index (χ1n) is 7.27. The van der Waals surface area contributed by atoms with Crippen molar-refractivity contribution in [3.05, 3.63) is 0 Å². The van der Waals surface area contributed by atoms with Crippen molar-refractivity contribution in [1.29, 1.82) is 0 Å². The van der Waals surface area contributed by atoms with E-state index in [-0.39, 0.29) is 0 Å². The highest BCUT2D eigenvalue weighted by molar-refractivity contribution is 5.78. The van der Waals surface area contributed by atoms with Crippen molar-refractivity contribution >= 4 is 5.91 Å². The number of carbonyl (C=O) groups is 1. The highest BCUT2D eigenvalue weighted by atomic mass is 16.2. The summed E-state index contributed by atoms with van der Waals surface area (Å²) in [5.74, 6) is 0.990. The highest BCUT2D eigenvalue weighted by Gasteiger charge is 2.21. The van der Waals surface area contributed by atoms with Gasteiger partial charge in [-0.25, -0.2) is 0 Å². The number of carbonyl (C=O) groups excluding carboxylic acids is 1. The van der Waals surface area contributed by atoms with Gasteiger partial charge in [-0.05, 0) is 31.6 Å². The number of nitrogens with one attached hydrogen (secondary N) is 1. The third-order valence-electron chi connectivity index (χ3n) is 4.16. The Morgan fingerprint density at radius 3 is 2.65 bits per heavy atom. The fourth-order valence-electron chi connectivity index (χ4n) is 3.07. The molecule has 0 aromatic rings. The van der Waals surface area contributed by atoms with Gasteiger partial charge in [-0.15, -0.1) is 0 Å². The molecule has 2 aliphatic rings. The van der Waals surface area contributed by atoms with Crippen molar-refractivity contribution < 1.29 is 4.79 Å². The average molecular weight is 238 g/mol. The van der Waals surface area contributed by atoms with Gasteiger partial charge < -0.3 is 10.2 Å². The quantitative estimate of drug-likeness (QED) is 0.817. The molecule has 3 nitrogen and oxygen atoms in total. The second-order valence-corrected chi connectivity index (χ2v) is 5.80. The molecule has 1 aliphatic heterocycles. The van der Waals surface area contributed by atoms with E-state index in [1.165, 1.54) is 44.9 Å². The van der Waals surface area contributed by atoms with Crippen LogP contribution < -0.4 is 5.32 Å². The van der Waals surface area contributed by atoms with Gasteiger partial charge in [-0.2, -0.15) is 0 Å². The lowest BCUT2D eigenvalue weighted by molar-refractivity contribution is -0.132. The van der Waals surface area contributed by atoms with E-state index in [9.17, 15) is 4.79 Å². The zero-order valence-corrected chi connectivity index (χ0v) is 11.1. The number of amides is 1. The Hall–Kier alpha value is -0.570. The Kier molecular flexibility index (Phi) is 4.84. The molecule has 0 bridgehead atoms. The van der Waals surface area contributed by atoms with Crippen LogP contribution >= 0.6 is 0 Å². The molecular formula is C14H26N2O. The molecule has 98 valence electrons. The van der Waals surface area contributed by atoms with E-state index in [1.807, 2.05) is 4.90 Å². The lowest BCUT2D eigenvalue weighted by atomic mass is 9.95. The van der Waals surface area contributed by atoms with Crippen LogP contribution in [0.5, 0.6) is 0 Å². The highest BCUT2D eigenvalue weighted by Crippen LogP contribution is 2.18. The second kappa shape index (κ2) is 6.39. The summed E-state index contributed by atoms with van der Waals surface area (Å²) in [5, 5.41) is 3.44. The normalized spacial score (nSPS) is 27.1. The minimum absolute atomic E-state index is 0.308. The van der Waals surface area contributed by atoms with E-state index in [0.717, 1.165) is 13.1 Å². The van der Waals surface area contributed by atoms with Gasteiger partial charge >= 0.3 is 0 Å². The largest absolute Gasteiger partial charge is 0.341 e. The summed E-state index contributed by atoms with van der Waals surface area (Å²) >= 11 is 0. The molecule has 2 rings (SSSR count). The Labute approximate surface area is 105 Å². The minimum Gasteiger partial charge on any atom is -0.341 e. The first kappa shape index (κ1) is 12.9. The van der Waals surface area contributed by atoms with Crippen molar-refractivity contribution in [2.45, 2.75) is 57.9 Å². The molecule has 0 spiro atoms. The maximum atomic E-state index is 12.0. The molecular weight excluding hydrogens is 212 g/mol. The van der Waals surface area contributed by atoms with Gasteiger partial charge in [-0.3, -0.25) is 4.79 Å². The zero-order chi connectivity index (χ0) is 12.1. The van der Waals surface area contributed by atoms with Crippen LogP contribution in [0.2, 0.25) is 0 Å². The molecule has 1 saturated carbocycles. The van der Waals surface area contributed by atoms with Crippen molar-refractivity contribution in [3.8, 4) is 0 Å². The molecule has 1 amide bonds. The number of hydrogen-bond acceptors (Lipinski definition) is 2. The topological polar surface area (TPSA) is 32.3 Å². The van der Waals surface area contributed by atoms with E-state index in [0.29, 0.717) is 24.4 Å². The predicted octanol–water partition coefficient (Wildman–Crippen LogP) is 2.17. The van der Waals surface area contributed by atoms with Crippen LogP contribution in [0.4, 0.5) is 0 Å². The summed E-state index contributed by atoms with van der Waals surface area (Å²) in [6.07, 6.45) is 8.98. The van der Waals surface area contributed by atoms with E-state index in [1.54, 1.807) is 0 Å². The van der Waals surface area contributed by atoms with Crippen LogP contribution in [0.1, 0.15) is 51.9 Å². The van der Waals surface area contributed by atoms with E-state index >= 15 is 0 Å². The summed E-state index contributed by atoms with van der Waals surface area (Å²) in [7, 11) is 0. The monoisotopic (exact) mass is 238 g/mol. The Bertz CT molecular complexity index is 249. The molecule has 1 saturated heterocycles. The molecule has 2 fully saturated rings. The van der Waals surface area contributed by atoms with E-state index in [4.69, 9.17) is 0 Å². The minimum atomic E-state index is 0.308. The second-order valence-electron chi connectivity index (χ2n) is 5.80. The molecule has 0 radical (unpaired) electrons. The van der Waals surface area contributed by atoms with Crippen LogP contribution in [-0.4, -0.2) is 36.5 Å². The fraction of sp³-hybridized carbons (Fsp3) is 0.929. The molecule has 1 atom stereocenters. The first-order chi connectivity index (χ1) is 8.25. The molecule has 3 heteroatoms.